The van der Waals surface area contributed by atoms with Crippen molar-refractivity contribution in [2.45, 2.75) is 20.4 Å². The highest BCUT2D eigenvalue weighted by molar-refractivity contribution is 6.46. The first kappa shape index (κ1) is 18.5. The summed E-state index contributed by atoms with van der Waals surface area (Å²) in [7, 11) is 1.52. The number of benzene rings is 2. The van der Waals surface area contributed by atoms with Crippen LogP contribution in [0.2, 0.25) is 0 Å². The van der Waals surface area contributed by atoms with E-state index in [0.717, 1.165) is 11.1 Å². The van der Waals surface area contributed by atoms with Gasteiger partial charge in [-0.15, -0.1) is 0 Å². The second-order valence-corrected chi connectivity index (χ2v) is 6.49. The van der Waals surface area contributed by atoms with Gasteiger partial charge in [0.2, 0.25) is 0 Å². The maximum atomic E-state index is 12.7. The van der Waals surface area contributed by atoms with E-state index in [2.05, 4.69) is 5.32 Å². The monoisotopic (exact) mass is 362 g/mol. The average Bonchev–Trinajstić information content (AvgIpc) is 3.11. The zero-order chi connectivity index (χ0) is 19.4. The number of rotatable bonds is 6. The largest absolute Gasteiger partial charge is 0.495 e. The first-order valence-electron chi connectivity index (χ1n) is 8.69. The van der Waals surface area contributed by atoms with Crippen molar-refractivity contribution in [1.82, 2.24) is 4.57 Å². The molecule has 0 saturated carbocycles. The predicted octanol–water partition coefficient (Wildman–Crippen LogP) is 3.98. The molecule has 0 bridgehead atoms. The van der Waals surface area contributed by atoms with Crippen molar-refractivity contribution in [2.75, 3.05) is 12.4 Å². The van der Waals surface area contributed by atoms with Gasteiger partial charge in [0.05, 0.1) is 18.5 Å². The number of anilines is 1. The molecule has 2 aromatic carbocycles. The molecule has 0 atom stereocenters. The number of aryl methyl sites for hydroxylation is 2. The van der Waals surface area contributed by atoms with Gasteiger partial charge in [0.15, 0.2) is 0 Å². The van der Waals surface area contributed by atoms with Crippen molar-refractivity contribution in [3.63, 3.8) is 0 Å². The van der Waals surface area contributed by atoms with Crippen LogP contribution in [0.1, 0.15) is 27.2 Å². The minimum Gasteiger partial charge on any atom is -0.495 e. The van der Waals surface area contributed by atoms with E-state index >= 15 is 0 Å². The summed E-state index contributed by atoms with van der Waals surface area (Å²) in [5.74, 6) is -0.768. The van der Waals surface area contributed by atoms with Crippen LogP contribution in [0.25, 0.3) is 0 Å². The van der Waals surface area contributed by atoms with E-state index in [1.165, 1.54) is 12.7 Å². The molecule has 3 rings (SSSR count). The van der Waals surface area contributed by atoms with Gasteiger partial charge in [0.25, 0.3) is 11.7 Å². The Hall–Kier alpha value is -3.34. The van der Waals surface area contributed by atoms with Crippen LogP contribution >= 0.6 is 0 Å². The van der Waals surface area contributed by atoms with Crippen molar-refractivity contribution < 1.29 is 14.3 Å². The minimum atomic E-state index is -0.692. The van der Waals surface area contributed by atoms with Gasteiger partial charge in [0.1, 0.15) is 5.75 Å². The van der Waals surface area contributed by atoms with Crippen molar-refractivity contribution in [3.05, 3.63) is 83.2 Å². The number of ketones is 1. The lowest BCUT2D eigenvalue weighted by molar-refractivity contribution is -0.112. The third-order valence-electron chi connectivity index (χ3n) is 4.35. The summed E-state index contributed by atoms with van der Waals surface area (Å²) in [5, 5.41) is 2.66. The molecule has 0 radical (unpaired) electrons. The number of amides is 1. The molecule has 1 amide bonds. The van der Waals surface area contributed by atoms with Gasteiger partial charge >= 0.3 is 0 Å². The molecule has 0 fully saturated rings. The van der Waals surface area contributed by atoms with Crippen molar-refractivity contribution >= 4 is 17.4 Å². The lowest BCUT2D eigenvalue weighted by Gasteiger charge is -2.12. The van der Waals surface area contributed by atoms with Gasteiger partial charge in [-0.2, -0.15) is 0 Å². The van der Waals surface area contributed by atoms with Gasteiger partial charge in [-0.25, -0.2) is 0 Å². The smallest absolute Gasteiger partial charge is 0.298 e. The van der Waals surface area contributed by atoms with E-state index in [-0.39, 0.29) is 0 Å². The van der Waals surface area contributed by atoms with Crippen molar-refractivity contribution in [1.29, 1.82) is 0 Å². The molecule has 0 aliphatic carbocycles. The van der Waals surface area contributed by atoms with Gasteiger partial charge < -0.3 is 14.6 Å². The molecule has 27 heavy (non-hydrogen) atoms. The van der Waals surface area contributed by atoms with Crippen molar-refractivity contribution in [2.24, 2.45) is 0 Å². The van der Waals surface area contributed by atoms with Gasteiger partial charge in [0, 0.05) is 12.7 Å². The molecule has 138 valence electrons. The topological polar surface area (TPSA) is 60.3 Å². The van der Waals surface area contributed by atoms with E-state index < -0.39 is 11.7 Å². The molecule has 0 aliphatic rings. The molecule has 1 heterocycles. The molecule has 3 aromatic rings. The Bertz CT molecular complexity index is 971. The fraction of sp³-hybridized carbons (Fsp3) is 0.182. The summed E-state index contributed by atoms with van der Waals surface area (Å²) in [6.45, 7) is 4.46. The fourth-order valence-corrected chi connectivity index (χ4v) is 2.86. The van der Waals surface area contributed by atoms with Crippen LogP contribution in [0.15, 0.2) is 60.8 Å². The highest BCUT2D eigenvalue weighted by Crippen LogP contribution is 2.25. The Morgan fingerprint density at radius 1 is 1.00 bits per heavy atom. The molecule has 0 spiro atoms. The summed E-state index contributed by atoms with van der Waals surface area (Å²) in [5.41, 5.74) is 4.02. The molecule has 5 heteroatoms. The number of aromatic nitrogens is 1. The van der Waals surface area contributed by atoms with E-state index in [1.807, 2.05) is 44.2 Å². The summed E-state index contributed by atoms with van der Waals surface area (Å²) in [6, 6.07) is 16.9. The molecule has 5 nitrogen and oxygen atoms in total. The Labute approximate surface area is 158 Å². The second-order valence-electron chi connectivity index (χ2n) is 6.49. The molecule has 1 N–H and O–H groups in total. The first-order chi connectivity index (χ1) is 13.0. The first-order valence-corrected chi connectivity index (χ1v) is 8.69. The van der Waals surface area contributed by atoms with Crippen LogP contribution in [0.5, 0.6) is 5.75 Å². The Kier molecular flexibility index (Phi) is 5.41. The predicted molar refractivity (Wildman–Crippen MR) is 105 cm³/mol. The number of nitrogens with zero attached hydrogens (tertiary/aromatic N) is 1. The number of carbonyl (C=O) groups is 2. The lowest BCUT2D eigenvalue weighted by atomic mass is 10.1. The maximum absolute atomic E-state index is 12.7. The number of nitrogens with one attached hydrogen (secondary N) is 1. The van der Waals surface area contributed by atoms with Crippen molar-refractivity contribution in [3.8, 4) is 5.75 Å². The van der Waals surface area contributed by atoms with Gasteiger partial charge in [-0.3, -0.25) is 9.59 Å². The highest BCUT2D eigenvalue weighted by Gasteiger charge is 2.21. The SMILES string of the molecule is COc1ccc(C)cc1NC(=O)C(=O)c1cccn1Cc1ccc(C)cc1. The number of carbonyl (C=O) groups excluding carboxylic acids is 2. The van der Waals surface area contributed by atoms with Crippen LogP contribution in [-0.2, 0) is 11.3 Å². The Morgan fingerprint density at radius 3 is 2.41 bits per heavy atom. The second kappa shape index (κ2) is 7.91. The van der Waals surface area contributed by atoms with E-state index in [9.17, 15) is 9.59 Å². The van der Waals surface area contributed by atoms with Crippen LogP contribution in [-0.4, -0.2) is 23.4 Å². The molecular weight excluding hydrogens is 340 g/mol. The normalized spacial score (nSPS) is 10.5. The number of hydrogen-bond acceptors (Lipinski definition) is 3. The van der Waals surface area contributed by atoms with Crippen LogP contribution in [0.3, 0.4) is 0 Å². The molecule has 0 aliphatic heterocycles. The standard InChI is InChI=1S/C22H22N2O3/c1-15-6-9-17(10-7-15)14-24-12-4-5-19(24)21(25)22(26)23-18-13-16(2)8-11-20(18)27-3/h4-13H,14H2,1-3H3,(H,23,26). The maximum Gasteiger partial charge on any atom is 0.298 e. The fourth-order valence-electron chi connectivity index (χ4n) is 2.86. The third kappa shape index (κ3) is 4.26. The number of Topliss-reactive ketones (excluding diaryl/α,β-unsaturated/α-hetero) is 1. The summed E-state index contributed by atoms with van der Waals surface area (Å²) >= 11 is 0. The molecule has 1 aromatic heterocycles. The molecular formula is C22H22N2O3. The highest BCUT2D eigenvalue weighted by atomic mass is 16.5. The third-order valence-corrected chi connectivity index (χ3v) is 4.35. The van der Waals surface area contributed by atoms with Crippen LogP contribution < -0.4 is 10.1 Å². The lowest BCUT2D eigenvalue weighted by Crippen LogP contribution is -2.25. The minimum absolute atomic E-state index is 0.347. The number of hydrogen-bond donors (Lipinski definition) is 1. The Balaban J connectivity index is 1.78. The van der Waals surface area contributed by atoms with Gasteiger partial charge in [-0.05, 0) is 49.2 Å². The zero-order valence-corrected chi connectivity index (χ0v) is 15.7. The number of methoxy groups -OCH3 is 1. The summed E-state index contributed by atoms with van der Waals surface area (Å²) in [4.78, 5) is 25.2. The van der Waals surface area contributed by atoms with Crippen LogP contribution in [0.4, 0.5) is 5.69 Å². The van der Waals surface area contributed by atoms with E-state index in [1.54, 1.807) is 35.0 Å². The van der Waals surface area contributed by atoms with E-state index in [0.29, 0.717) is 23.7 Å². The Morgan fingerprint density at radius 2 is 1.70 bits per heavy atom. The molecule has 0 saturated heterocycles. The van der Waals surface area contributed by atoms with Gasteiger partial charge in [-0.1, -0.05) is 35.9 Å². The summed E-state index contributed by atoms with van der Waals surface area (Å²) in [6.07, 6.45) is 1.80. The molecule has 0 unspecified atom stereocenters. The zero-order valence-electron chi connectivity index (χ0n) is 15.7. The number of ether oxygens (including phenoxy) is 1. The van der Waals surface area contributed by atoms with Crippen LogP contribution in [0, 0.1) is 13.8 Å². The summed E-state index contributed by atoms with van der Waals surface area (Å²) < 4.78 is 7.03. The van der Waals surface area contributed by atoms with E-state index in [4.69, 9.17) is 4.74 Å². The quantitative estimate of drug-likeness (QED) is 0.533. The average molecular weight is 362 g/mol.